The van der Waals surface area contributed by atoms with Gasteiger partial charge in [0.2, 0.25) is 6.41 Å². The lowest BCUT2D eigenvalue weighted by atomic mass is 10.2. The van der Waals surface area contributed by atoms with Crippen molar-refractivity contribution in [1.82, 2.24) is 4.98 Å². The van der Waals surface area contributed by atoms with E-state index in [0.717, 1.165) is 0 Å². The summed E-state index contributed by atoms with van der Waals surface area (Å²) in [6.07, 6.45) is 2.08. The topological polar surface area (TPSA) is 59.2 Å². The third kappa shape index (κ3) is 2.55. The largest absolute Gasteiger partial charge is 0.397 e. The van der Waals surface area contributed by atoms with Crippen molar-refractivity contribution in [3.05, 3.63) is 46.6 Å². The summed E-state index contributed by atoms with van der Waals surface area (Å²) in [6.45, 7) is 0. The number of nitrogens with two attached hydrogens (primary N) is 1. The second kappa shape index (κ2) is 5.25. The van der Waals surface area contributed by atoms with Crippen molar-refractivity contribution in [2.45, 2.75) is 0 Å². The van der Waals surface area contributed by atoms with Crippen LogP contribution in [0.25, 0.3) is 0 Å². The van der Waals surface area contributed by atoms with Gasteiger partial charge in [0.25, 0.3) is 0 Å². The van der Waals surface area contributed by atoms with Crippen molar-refractivity contribution in [3.8, 4) is 0 Å². The summed E-state index contributed by atoms with van der Waals surface area (Å²) in [5.74, 6) is 0.420. The zero-order chi connectivity index (χ0) is 13.1. The number of carbonyl (C=O) groups excluding carboxylic acids is 1. The number of benzene rings is 1. The third-order valence-electron chi connectivity index (χ3n) is 2.32. The fourth-order valence-corrected chi connectivity index (χ4v) is 1.75. The Morgan fingerprint density at radius 2 is 1.89 bits per heavy atom. The van der Waals surface area contributed by atoms with Gasteiger partial charge in [-0.15, -0.1) is 0 Å². The van der Waals surface area contributed by atoms with Gasteiger partial charge in [-0.25, -0.2) is 4.98 Å². The number of carbonyl (C=O) groups is 1. The molecule has 4 nitrogen and oxygen atoms in total. The second-order valence-corrected chi connectivity index (χ2v) is 4.39. The average molecular weight is 282 g/mol. The van der Waals surface area contributed by atoms with Crippen molar-refractivity contribution in [1.29, 1.82) is 0 Å². The normalized spacial score (nSPS) is 10.1. The smallest absolute Gasteiger partial charge is 0.219 e. The van der Waals surface area contributed by atoms with Gasteiger partial charge >= 0.3 is 0 Å². The van der Waals surface area contributed by atoms with E-state index in [1.807, 2.05) is 0 Å². The van der Waals surface area contributed by atoms with E-state index in [-0.39, 0.29) is 0 Å². The molecular weight excluding hydrogens is 273 g/mol. The Kier molecular flexibility index (Phi) is 3.69. The summed E-state index contributed by atoms with van der Waals surface area (Å²) in [5.41, 5.74) is 6.73. The summed E-state index contributed by atoms with van der Waals surface area (Å²) in [7, 11) is 0. The monoisotopic (exact) mass is 281 g/mol. The highest BCUT2D eigenvalue weighted by Crippen LogP contribution is 2.30. The van der Waals surface area contributed by atoms with Crippen molar-refractivity contribution in [3.63, 3.8) is 0 Å². The number of amides is 1. The zero-order valence-corrected chi connectivity index (χ0v) is 10.7. The highest BCUT2D eigenvalue weighted by atomic mass is 35.5. The zero-order valence-electron chi connectivity index (χ0n) is 9.18. The minimum atomic E-state index is 0.420. The first-order chi connectivity index (χ1) is 8.61. The first kappa shape index (κ1) is 12.7. The lowest BCUT2D eigenvalue weighted by molar-refractivity contribution is -0.106. The molecule has 0 spiro atoms. The maximum Gasteiger partial charge on any atom is 0.219 e. The van der Waals surface area contributed by atoms with Crippen LogP contribution in [0.4, 0.5) is 17.2 Å². The van der Waals surface area contributed by atoms with E-state index in [1.165, 1.54) is 11.1 Å². The predicted molar refractivity (Wildman–Crippen MR) is 73.3 cm³/mol. The van der Waals surface area contributed by atoms with E-state index < -0.39 is 0 Å². The van der Waals surface area contributed by atoms with E-state index in [1.54, 1.807) is 30.3 Å². The molecule has 0 radical (unpaired) electrons. The number of halogens is 2. The Balaban J connectivity index is 2.48. The average Bonchev–Trinajstić information content (AvgIpc) is 2.37. The van der Waals surface area contributed by atoms with Crippen LogP contribution >= 0.6 is 23.2 Å². The fourth-order valence-electron chi connectivity index (χ4n) is 1.47. The van der Waals surface area contributed by atoms with Crippen LogP contribution in [-0.2, 0) is 4.79 Å². The van der Waals surface area contributed by atoms with Gasteiger partial charge < -0.3 is 5.73 Å². The fraction of sp³-hybridized carbons (Fsp3) is 0. The molecular formula is C12H9Cl2N3O. The number of pyridine rings is 1. The Hall–Kier alpha value is -1.78. The molecule has 1 aromatic heterocycles. The van der Waals surface area contributed by atoms with Crippen LogP contribution in [0.1, 0.15) is 0 Å². The first-order valence-corrected chi connectivity index (χ1v) is 5.78. The molecule has 0 atom stereocenters. The minimum absolute atomic E-state index is 0.420. The van der Waals surface area contributed by atoms with Crippen molar-refractivity contribution in [2.24, 2.45) is 0 Å². The van der Waals surface area contributed by atoms with Gasteiger partial charge in [-0.2, -0.15) is 0 Å². The maximum atomic E-state index is 11.2. The van der Waals surface area contributed by atoms with Gasteiger partial charge in [0.15, 0.2) is 0 Å². The van der Waals surface area contributed by atoms with E-state index in [4.69, 9.17) is 28.9 Å². The summed E-state index contributed by atoms with van der Waals surface area (Å²) < 4.78 is 0. The minimum Gasteiger partial charge on any atom is -0.397 e. The Labute approximate surface area is 114 Å². The van der Waals surface area contributed by atoms with Gasteiger partial charge in [0.05, 0.1) is 16.4 Å². The van der Waals surface area contributed by atoms with Crippen LogP contribution in [0, 0.1) is 0 Å². The van der Waals surface area contributed by atoms with Crippen LogP contribution in [0.3, 0.4) is 0 Å². The molecule has 92 valence electrons. The molecule has 0 saturated carbocycles. The number of hydrogen-bond acceptors (Lipinski definition) is 3. The number of hydrogen-bond donors (Lipinski definition) is 1. The quantitative estimate of drug-likeness (QED) is 0.694. The van der Waals surface area contributed by atoms with Crippen molar-refractivity contribution in [2.75, 3.05) is 10.6 Å². The summed E-state index contributed by atoms with van der Waals surface area (Å²) >= 11 is 11.6. The van der Waals surface area contributed by atoms with Crippen molar-refractivity contribution < 1.29 is 4.79 Å². The molecule has 0 bridgehead atoms. The lowest BCUT2D eigenvalue weighted by Crippen LogP contribution is -2.16. The molecule has 1 amide bonds. The number of nitrogens with zero attached hydrogens (tertiary/aromatic N) is 2. The number of rotatable bonds is 3. The highest BCUT2D eigenvalue weighted by Gasteiger charge is 2.13. The number of anilines is 3. The van der Waals surface area contributed by atoms with E-state index >= 15 is 0 Å². The maximum absolute atomic E-state index is 11.2. The number of aromatic nitrogens is 1. The molecule has 0 unspecified atom stereocenters. The Bertz CT molecular complexity index is 572. The van der Waals surface area contributed by atoms with Gasteiger partial charge in [0, 0.05) is 11.2 Å². The van der Waals surface area contributed by atoms with Crippen LogP contribution in [0.2, 0.25) is 10.0 Å². The SMILES string of the molecule is Nc1ccc(Cl)cc1N(C=O)c1ccc(Cl)cn1. The first-order valence-electron chi connectivity index (χ1n) is 5.03. The molecule has 1 aromatic carbocycles. The van der Waals surface area contributed by atoms with Gasteiger partial charge in [-0.3, -0.25) is 9.69 Å². The van der Waals surface area contributed by atoms with Crippen LogP contribution < -0.4 is 10.6 Å². The third-order valence-corrected chi connectivity index (χ3v) is 2.77. The summed E-state index contributed by atoms with van der Waals surface area (Å²) in [6, 6.07) is 8.14. The van der Waals surface area contributed by atoms with Crippen LogP contribution in [-0.4, -0.2) is 11.4 Å². The van der Waals surface area contributed by atoms with Gasteiger partial charge in [-0.05, 0) is 30.3 Å². The van der Waals surface area contributed by atoms with E-state index in [2.05, 4.69) is 4.98 Å². The molecule has 0 aliphatic heterocycles. The molecule has 2 rings (SSSR count). The molecule has 2 N–H and O–H groups in total. The standard InChI is InChI=1S/C12H9Cl2N3O/c13-8-1-3-10(15)11(5-8)17(7-18)12-4-2-9(14)6-16-12/h1-7H,15H2. The molecule has 1 heterocycles. The molecule has 18 heavy (non-hydrogen) atoms. The summed E-state index contributed by atoms with van der Waals surface area (Å²) in [5, 5.41) is 0.976. The number of nitrogen functional groups attached to an aromatic ring is 1. The molecule has 0 aliphatic rings. The lowest BCUT2D eigenvalue weighted by Gasteiger charge is -2.18. The predicted octanol–water partition coefficient (Wildman–Crippen LogP) is 3.27. The molecule has 2 aromatic rings. The van der Waals surface area contributed by atoms with Crippen molar-refractivity contribution >= 4 is 46.8 Å². The highest BCUT2D eigenvalue weighted by molar-refractivity contribution is 6.31. The van der Waals surface area contributed by atoms with Crippen LogP contribution in [0.15, 0.2) is 36.5 Å². The van der Waals surface area contributed by atoms with E-state index in [0.29, 0.717) is 33.6 Å². The van der Waals surface area contributed by atoms with Gasteiger partial charge in [-0.1, -0.05) is 23.2 Å². The molecule has 0 aliphatic carbocycles. The second-order valence-electron chi connectivity index (χ2n) is 3.51. The molecule has 0 saturated heterocycles. The Morgan fingerprint density at radius 3 is 2.50 bits per heavy atom. The molecule has 0 fully saturated rings. The van der Waals surface area contributed by atoms with Gasteiger partial charge in [0.1, 0.15) is 5.82 Å². The van der Waals surface area contributed by atoms with E-state index in [9.17, 15) is 4.79 Å². The van der Waals surface area contributed by atoms with Crippen LogP contribution in [0.5, 0.6) is 0 Å². The Morgan fingerprint density at radius 1 is 1.17 bits per heavy atom. The summed E-state index contributed by atoms with van der Waals surface area (Å²) in [4.78, 5) is 16.6. The molecule has 6 heteroatoms.